The quantitative estimate of drug-likeness (QED) is 0.734. The van der Waals surface area contributed by atoms with Gasteiger partial charge in [0.05, 0.1) is 17.5 Å². The van der Waals surface area contributed by atoms with Gasteiger partial charge >= 0.3 is 0 Å². The highest BCUT2D eigenvalue weighted by molar-refractivity contribution is 7.08. The average Bonchev–Trinajstić information content (AvgIpc) is 2.81. The standard InChI is InChI=1S/C12H10Cl2OS/c1-15-11-3-2-8(6-10(11)13)12(14)9-4-5-16-7-9/h2-7,12H,1H3. The van der Waals surface area contributed by atoms with Gasteiger partial charge in [-0.25, -0.2) is 0 Å². The van der Waals surface area contributed by atoms with Gasteiger partial charge in [-0.2, -0.15) is 11.3 Å². The summed E-state index contributed by atoms with van der Waals surface area (Å²) in [6, 6.07) is 7.62. The van der Waals surface area contributed by atoms with Crippen LogP contribution in [0.1, 0.15) is 16.5 Å². The molecule has 0 aliphatic heterocycles. The summed E-state index contributed by atoms with van der Waals surface area (Å²) in [5.74, 6) is 0.666. The van der Waals surface area contributed by atoms with Gasteiger partial charge in [0.2, 0.25) is 0 Å². The van der Waals surface area contributed by atoms with E-state index in [1.807, 2.05) is 35.0 Å². The Morgan fingerprint density at radius 1 is 1.25 bits per heavy atom. The minimum atomic E-state index is -0.158. The van der Waals surface area contributed by atoms with Crippen LogP contribution >= 0.6 is 34.5 Å². The number of benzene rings is 1. The number of ether oxygens (including phenoxy) is 1. The second kappa shape index (κ2) is 5.09. The zero-order chi connectivity index (χ0) is 11.5. The van der Waals surface area contributed by atoms with E-state index in [0.29, 0.717) is 10.8 Å². The number of halogens is 2. The topological polar surface area (TPSA) is 9.23 Å². The van der Waals surface area contributed by atoms with Crippen molar-refractivity contribution in [3.63, 3.8) is 0 Å². The number of hydrogen-bond donors (Lipinski definition) is 0. The monoisotopic (exact) mass is 272 g/mol. The van der Waals surface area contributed by atoms with Crippen molar-refractivity contribution in [2.75, 3.05) is 7.11 Å². The van der Waals surface area contributed by atoms with Gasteiger partial charge < -0.3 is 4.74 Å². The summed E-state index contributed by atoms with van der Waals surface area (Å²) in [6.07, 6.45) is 0. The lowest BCUT2D eigenvalue weighted by Gasteiger charge is -2.10. The van der Waals surface area contributed by atoms with Crippen molar-refractivity contribution in [1.82, 2.24) is 0 Å². The Bertz CT molecular complexity index is 468. The smallest absolute Gasteiger partial charge is 0.137 e. The number of alkyl halides is 1. The van der Waals surface area contributed by atoms with Gasteiger partial charge in [-0.15, -0.1) is 11.6 Å². The summed E-state index contributed by atoms with van der Waals surface area (Å²) in [5.41, 5.74) is 2.07. The van der Waals surface area contributed by atoms with Crippen LogP contribution in [-0.4, -0.2) is 7.11 Å². The molecule has 16 heavy (non-hydrogen) atoms. The molecule has 2 aromatic rings. The van der Waals surface area contributed by atoms with Crippen LogP contribution in [0.15, 0.2) is 35.0 Å². The first-order valence-electron chi connectivity index (χ1n) is 4.72. The zero-order valence-electron chi connectivity index (χ0n) is 8.61. The average molecular weight is 273 g/mol. The van der Waals surface area contributed by atoms with E-state index in [1.54, 1.807) is 18.4 Å². The molecule has 84 valence electrons. The number of methoxy groups -OCH3 is 1. The van der Waals surface area contributed by atoms with Gasteiger partial charge in [0, 0.05) is 0 Å². The summed E-state index contributed by atoms with van der Waals surface area (Å²) < 4.78 is 5.10. The lowest BCUT2D eigenvalue weighted by Crippen LogP contribution is -1.92. The minimum absolute atomic E-state index is 0.158. The molecule has 0 aliphatic rings. The maximum absolute atomic E-state index is 6.35. The molecule has 0 amide bonds. The molecule has 0 N–H and O–H groups in total. The lowest BCUT2D eigenvalue weighted by molar-refractivity contribution is 0.415. The Balaban J connectivity index is 2.31. The number of hydrogen-bond acceptors (Lipinski definition) is 2. The molecular formula is C12H10Cl2OS. The maximum atomic E-state index is 6.35. The predicted molar refractivity (Wildman–Crippen MR) is 70.0 cm³/mol. The molecule has 1 unspecified atom stereocenters. The Hall–Kier alpha value is -0.700. The maximum Gasteiger partial charge on any atom is 0.137 e. The normalized spacial score (nSPS) is 12.4. The summed E-state index contributed by atoms with van der Waals surface area (Å²) in [7, 11) is 1.60. The van der Waals surface area contributed by atoms with Gasteiger partial charge in [-0.05, 0) is 40.1 Å². The van der Waals surface area contributed by atoms with Crippen LogP contribution in [-0.2, 0) is 0 Å². The molecule has 0 bridgehead atoms. The molecule has 2 rings (SSSR count). The summed E-state index contributed by atoms with van der Waals surface area (Å²) in [6.45, 7) is 0. The molecule has 4 heteroatoms. The lowest BCUT2D eigenvalue weighted by atomic mass is 10.1. The van der Waals surface area contributed by atoms with Crippen LogP contribution in [0, 0.1) is 0 Å². The molecule has 0 saturated carbocycles. The molecule has 1 aromatic heterocycles. The molecular weight excluding hydrogens is 263 g/mol. The zero-order valence-corrected chi connectivity index (χ0v) is 10.9. The van der Waals surface area contributed by atoms with E-state index in [1.165, 1.54) is 0 Å². The van der Waals surface area contributed by atoms with Crippen LogP contribution in [0.2, 0.25) is 5.02 Å². The van der Waals surface area contributed by atoms with Gasteiger partial charge in [-0.3, -0.25) is 0 Å². The second-order valence-electron chi connectivity index (χ2n) is 3.31. The van der Waals surface area contributed by atoms with Gasteiger partial charge in [0.1, 0.15) is 5.75 Å². The van der Waals surface area contributed by atoms with Gasteiger partial charge in [-0.1, -0.05) is 17.7 Å². The van der Waals surface area contributed by atoms with Crippen molar-refractivity contribution >= 4 is 34.5 Å². The molecule has 1 aromatic carbocycles. The summed E-state index contributed by atoms with van der Waals surface area (Å²) >= 11 is 14.0. The molecule has 0 aliphatic carbocycles. The SMILES string of the molecule is COc1ccc(C(Cl)c2ccsc2)cc1Cl. The minimum Gasteiger partial charge on any atom is -0.495 e. The molecule has 0 radical (unpaired) electrons. The van der Waals surface area contributed by atoms with Crippen LogP contribution in [0.3, 0.4) is 0 Å². The fourth-order valence-corrected chi connectivity index (χ4v) is 2.75. The Labute approximate surface area is 109 Å². The second-order valence-corrected chi connectivity index (χ2v) is 4.94. The fraction of sp³-hybridized carbons (Fsp3) is 0.167. The van der Waals surface area contributed by atoms with Crippen molar-refractivity contribution < 1.29 is 4.74 Å². The Morgan fingerprint density at radius 3 is 2.62 bits per heavy atom. The van der Waals surface area contributed by atoms with Crippen LogP contribution < -0.4 is 4.74 Å². The Morgan fingerprint density at radius 2 is 2.06 bits per heavy atom. The van der Waals surface area contributed by atoms with E-state index < -0.39 is 0 Å². The third kappa shape index (κ3) is 2.34. The van der Waals surface area contributed by atoms with Crippen LogP contribution in [0.25, 0.3) is 0 Å². The largest absolute Gasteiger partial charge is 0.495 e. The van der Waals surface area contributed by atoms with Crippen LogP contribution in [0.4, 0.5) is 0 Å². The molecule has 0 spiro atoms. The van der Waals surface area contributed by atoms with E-state index in [0.717, 1.165) is 11.1 Å². The van der Waals surface area contributed by atoms with Gasteiger partial charge in [0.25, 0.3) is 0 Å². The molecule has 0 fully saturated rings. The van der Waals surface area contributed by atoms with Crippen molar-refractivity contribution in [3.8, 4) is 5.75 Å². The highest BCUT2D eigenvalue weighted by atomic mass is 35.5. The predicted octanol–water partition coefficient (Wildman–Crippen LogP) is 4.74. The van der Waals surface area contributed by atoms with Crippen molar-refractivity contribution in [2.24, 2.45) is 0 Å². The fourth-order valence-electron chi connectivity index (χ4n) is 1.45. The molecule has 1 nitrogen and oxygen atoms in total. The van der Waals surface area contributed by atoms with Gasteiger partial charge in [0.15, 0.2) is 0 Å². The highest BCUT2D eigenvalue weighted by Gasteiger charge is 2.12. The first kappa shape index (κ1) is 11.8. The molecule has 1 heterocycles. The van der Waals surface area contributed by atoms with Crippen molar-refractivity contribution in [3.05, 3.63) is 51.2 Å². The molecule has 0 saturated heterocycles. The van der Waals surface area contributed by atoms with Crippen molar-refractivity contribution in [2.45, 2.75) is 5.38 Å². The highest BCUT2D eigenvalue weighted by Crippen LogP contribution is 2.34. The van der Waals surface area contributed by atoms with E-state index in [9.17, 15) is 0 Å². The Kier molecular flexibility index (Phi) is 3.74. The first-order chi connectivity index (χ1) is 7.72. The first-order valence-corrected chi connectivity index (χ1v) is 6.47. The third-order valence-corrected chi connectivity index (χ3v) is 3.81. The van der Waals surface area contributed by atoms with E-state index >= 15 is 0 Å². The van der Waals surface area contributed by atoms with E-state index in [4.69, 9.17) is 27.9 Å². The van der Waals surface area contributed by atoms with E-state index in [2.05, 4.69) is 0 Å². The van der Waals surface area contributed by atoms with Crippen LogP contribution in [0.5, 0.6) is 5.75 Å². The van der Waals surface area contributed by atoms with Crippen molar-refractivity contribution in [1.29, 1.82) is 0 Å². The van der Waals surface area contributed by atoms with E-state index in [-0.39, 0.29) is 5.38 Å². The number of thiophene rings is 1. The third-order valence-electron chi connectivity index (χ3n) is 2.30. The number of rotatable bonds is 3. The summed E-state index contributed by atoms with van der Waals surface area (Å²) in [4.78, 5) is 0. The summed E-state index contributed by atoms with van der Waals surface area (Å²) in [5, 5.41) is 4.47. The molecule has 1 atom stereocenters.